The van der Waals surface area contributed by atoms with Crippen LogP contribution in [-0.2, 0) is 0 Å². The van der Waals surface area contributed by atoms with Crippen LogP contribution in [0.1, 0.15) is 24.9 Å². The van der Waals surface area contributed by atoms with Crippen LogP contribution in [-0.4, -0.2) is 22.7 Å². The molecule has 0 heterocycles. The lowest BCUT2D eigenvalue weighted by Crippen LogP contribution is -2.22. The average molecular weight is 385 g/mol. The van der Waals surface area contributed by atoms with E-state index < -0.39 is 0 Å². The molecule has 3 nitrogen and oxygen atoms in total. The number of rotatable bonds is 5. The monoisotopic (exact) mass is 385 g/mol. The van der Waals surface area contributed by atoms with Crippen LogP contribution in [0.2, 0.25) is 0 Å². The third kappa shape index (κ3) is 3.99. The molecular weight excluding hydrogens is 365 g/mol. The van der Waals surface area contributed by atoms with Crippen molar-refractivity contribution in [3.05, 3.63) is 53.3 Å². The first-order valence-corrected chi connectivity index (χ1v) is 7.95. The Morgan fingerprint density at radius 1 is 1.50 bits per heavy atom. The van der Waals surface area contributed by atoms with E-state index in [2.05, 4.69) is 47.0 Å². The Morgan fingerprint density at radius 2 is 2.30 bits per heavy atom. The SMILES string of the molecule is COc1cccc(C(C)NCC2=CCC(I)C(O)=C2)c1. The summed E-state index contributed by atoms with van der Waals surface area (Å²) in [5.74, 6) is 1.34. The van der Waals surface area contributed by atoms with Gasteiger partial charge in [-0.05, 0) is 42.7 Å². The van der Waals surface area contributed by atoms with Gasteiger partial charge in [-0.1, -0.05) is 40.8 Å². The van der Waals surface area contributed by atoms with Crippen LogP contribution in [0.3, 0.4) is 0 Å². The molecule has 4 heteroatoms. The fourth-order valence-corrected chi connectivity index (χ4v) is 2.57. The van der Waals surface area contributed by atoms with Crippen molar-refractivity contribution in [3.63, 3.8) is 0 Å². The molecule has 0 aliphatic heterocycles. The second kappa shape index (κ2) is 7.13. The number of halogens is 1. The summed E-state index contributed by atoms with van der Waals surface area (Å²) in [6.45, 7) is 2.88. The summed E-state index contributed by atoms with van der Waals surface area (Å²) in [6.07, 6.45) is 4.95. The summed E-state index contributed by atoms with van der Waals surface area (Å²) in [6, 6.07) is 8.31. The van der Waals surface area contributed by atoms with Crippen molar-refractivity contribution < 1.29 is 9.84 Å². The molecule has 0 radical (unpaired) electrons. The predicted molar refractivity (Wildman–Crippen MR) is 90.6 cm³/mol. The molecule has 0 fully saturated rings. The van der Waals surface area contributed by atoms with Crippen molar-refractivity contribution in [2.45, 2.75) is 23.3 Å². The van der Waals surface area contributed by atoms with E-state index in [1.165, 1.54) is 5.56 Å². The van der Waals surface area contributed by atoms with Crippen LogP contribution in [0.15, 0.2) is 47.7 Å². The first-order chi connectivity index (χ1) is 9.60. The Morgan fingerprint density at radius 3 is 3.00 bits per heavy atom. The van der Waals surface area contributed by atoms with Crippen LogP contribution in [0.4, 0.5) is 0 Å². The maximum atomic E-state index is 9.77. The van der Waals surface area contributed by atoms with Crippen LogP contribution < -0.4 is 10.1 Å². The second-order valence-corrected chi connectivity index (χ2v) is 6.43. The molecule has 0 saturated carbocycles. The van der Waals surface area contributed by atoms with E-state index in [9.17, 15) is 5.11 Å². The van der Waals surface area contributed by atoms with Gasteiger partial charge in [-0.15, -0.1) is 0 Å². The third-order valence-electron chi connectivity index (χ3n) is 3.45. The molecule has 2 atom stereocenters. The summed E-state index contributed by atoms with van der Waals surface area (Å²) in [4.78, 5) is 0. The molecule has 0 amide bonds. The number of hydrogen-bond acceptors (Lipinski definition) is 3. The van der Waals surface area contributed by atoms with Gasteiger partial charge in [0.15, 0.2) is 0 Å². The van der Waals surface area contributed by atoms with Gasteiger partial charge in [-0.3, -0.25) is 0 Å². The summed E-state index contributed by atoms with van der Waals surface area (Å²) >= 11 is 2.25. The minimum Gasteiger partial charge on any atom is -0.511 e. The molecule has 1 aromatic carbocycles. The molecule has 2 unspecified atom stereocenters. The summed E-state index contributed by atoms with van der Waals surface area (Å²) in [5, 5.41) is 13.2. The Balaban J connectivity index is 1.94. The van der Waals surface area contributed by atoms with Gasteiger partial charge in [-0.25, -0.2) is 0 Å². The highest BCUT2D eigenvalue weighted by Crippen LogP contribution is 2.23. The summed E-state index contributed by atoms with van der Waals surface area (Å²) in [7, 11) is 1.68. The molecule has 0 bridgehead atoms. The first-order valence-electron chi connectivity index (χ1n) is 6.71. The largest absolute Gasteiger partial charge is 0.511 e. The van der Waals surface area contributed by atoms with E-state index in [0.717, 1.165) is 24.3 Å². The second-order valence-electron chi connectivity index (χ2n) is 4.93. The highest BCUT2D eigenvalue weighted by molar-refractivity contribution is 14.1. The molecule has 0 aromatic heterocycles. The van der Waals surface area contributed by atoms with Crippen molar-refractivity contribution >= 4 is 22.6 Å². The molecule has 0 saturated heterocycles. The van der Waals surface area contributed by atoms with Crippen molar-refractivity contribution in [2.24, 2.45) is 0 Å². The van der Waals surface area contributed by atoms with Gasteiger partial charge in [0.25, 0.3) is 0 Å². The lowest BCUT2D eigenvalue weighted by Gasteiger charge is -2.18. The zero-order valence-electron chi connectivity index (χ0n) is 11.8. The Hall–Kier alpha value is -1.01. The molecule has 2 rings (SSSR count). The number of methoxy groups -OCH3 is 1. The predicted octanol–water partition coefficient (Wildman–Crippen LogP) is 3.92. The van der Waals surface area contributed by atoms with Crippen molar-refractivity contribution in [1.29, 1.82) is 0 Å². The van der Waals surface area contributed by atoms with Crippen molar-refractivity contribution in [1.82, 2.24) is 5.32 Å². The van der Waals surface area contributed by atoms with Gasteiger partial charge >= 0.3 is 0 Å². The van der Waals surface area contributed by atoms with E-state index in [4.69, 9.17) is 4.74 Å². The Kier molecular flexibility index (Phi) is 5.48. The number of hydrogen-bond donors (Lipinski definition) is 2. The van der Waals surface area contributed by atoms with Gasteiger partial charge in [0, 0.05) is 12.6 Å². The minimum atomic E-state index is 0.215. The van der Waals surface area contributed by atoms with Gasteiger partial charge in [0.05, 0.1) is 11.0 Å². The van der Waals surface area contributed by atoms with E-state index in [1.54, 1.807) is 7.11 Å². The third-order valence-corrected chi connectivity index (χ3v) is 4.59. The smallest absolute Gasteiger partial charge is 0.119 e. The number of alkyl halides is 1. The molecule has 0 spiro atoms. The topological polar surface area (TPSA) is 41.5 Å². The molecule has 1 aliphatic rings. The fourth-order valence-electron chi connectivity index (χ4n) is 2.14. The zero-order valence-corrected chi connectivity index (χ0v) is 13.9. The van der Waals surface area contributed by atoms with Crippen LogP contribution in [0, 0.1) is 0 Å². The number of nitrogens with one attached hydrogen (secondary N) is 1. The van der Waals surface area contributed by atoms with Crippen molar-refractivity contribution in [2.75, 3.05) is 13.7 Å². The maximum absolute atomic E-state index is 9.77. The first kappa shape index (κ1) is 15.4. The van der Waals surface area contributed by atoms with Gasteiger partial charge in [0.1, 0.15) is 11.5 Å². The quantitative estimate of drug-likeness (QED) is 0.597. The molecule has 2 N–H and O–H groups in total. The fraction of sp³-hybridized carbons (Fsp3) is 0.375. The molecule has 20 heavy (non-hydrogen) atoms. The van der Waals surface area contributed by atoms with Crippen molar-refractivity contribution in [3.8, 4) is 5.75 Å². The average Bonchev–Trinajstić information content (AvgIpc) is 2.48. The van der Waals surface area contributed by atoms with Crippen LogP contribution in [0.5, 0.6) is 5.75 Å². The number of aliphatic hydroxyl groups excluding tert-OH is 1. The van der Waals surface area contributed by atoms with E-state index >= 15 is 0 Å². The standard InChI is InChI=1S/C16H20INO2/c1-11(13-4-3-5-14(9-13)20-2)18-10-12-6-7-15(17)16(19)8-12/h3-6,8-9,11,15,18-19H,7,10H2,1-2H3. The number of ether oxygens (including phenoxy) is 1. The molecule has 1 aliphatic carbocycles. The maximum Gasteiger partial charge on any atom is 0.119 e. The van der Waals surface area contributed by atoms with E-state index in [0.29, 0.717) is 5.76 Å². The van der Waals surface area contributed by atoms with Gasteiger partial charge < -0.3 is 15.2 Å². The highest BCUT2D eigenvalue weighted by atomic mass is 127. The van der Waals surface area contributed by atoms with Crippen LogP contribution in [0.25, 0.3) is 0 Å². The van der Waals surface area contributed by atoms with Crippen LogP contribution >= 0.6 is 22.6 Å². The van der Waals surface area contributed by atoms with E-state index in [1.807, 2.05) is 24.3 Å². The number of allylic oxidation sites excluding steroid dienone is 2. The lowest BCUT2D eigenvalue weighted by molar-refractivity contribution is 0.394. The zero-order chi connectivity index (χ0) is 14.5. The highest BCUT2D eigenvalue weighted by Gasteiger charge is 2.14. The Bertz CT molecular complexity index is 525. The molecule has 108 valence electrons. The Labute approximate surface area is 133 Å². The number of aliphatic hydroxyl groups is 1. The summed E-state index contributed by atoms with van der Waals surface area (Å²) < 4.78 is 5.46. The van der Waals surface area contributed by atoms with E-state index in [-0.39, 0.29) is 9.97 Å². The summed E-state index contributed by atoms with van der Waals surface area (Å²) in [5.41, 5.74) is 2.34. The van der Waals surface area contributed by atoms with Gasteiger partial charge in [0.2, 0.25) is 0 Å². The lowest BCUT2D eigenvalue weighted by atomic mass is 10.0. The molecule has 1 aromatic rings. The minimum absolute atomic E-state index is 0.215. The van der Waals surface area contributed by atoms with Gasteiger partial charge in [-0.2, -0.15) is 0 Å². The normalized spacial score (nSPS) is 20.1. The molecular formula is C16H20INO2. The number of benzene rings is 1.